The van der Waals surface area contributed by atoms with Gasteiger partial charge in [-0.1, -0.05) is 24.0 Å². The van der Waals surface area contributed by atoms with Crippen molar-refractivity contribution in [3.8, 4) is 5.75 Å². The Morgan fingerprint density at radius 3 is 2.91 bits per heavy atom. The molecule has 3 rings (SSSR count). The molecule has 1 aromatic carbocycles. The molecule has 0 atom stereocenters. The van der Waals surface area contributed by atoms with E-state index in [1.165, 1.54) is 30.9 Å². The number of ether oxygens (including phenoxy) is 1. The molecule has 1 aromatic heterocycles. The standard InChI is InChI=1S/C16H17NO3S2/c1-19-12-4-5-13-14(8-12)20-9-11(15(13)18)10-22-16(21)17-6-2-3-7-17/h4-5,8-9H,2-3,6-7,10H2,1H3. The first-order chi connectivity index (χ1) is 10.7. The van der Waals surface area contributed by atoms with E-state index in [1.807, 2.05) is 0 Å². The predicted molar refractivity (Wildman–Crippen MR) is 93.7 cm³/mol. The number of nitrogens with zero attached hydrogens (tertiary/aromatic N) is 1. The Morgan fingerprint density at radius 1 is 1.41 bits per heavy atom. The lowest BCUT2D eigenvalue weighted by Crippen LogP contribution is -2.23. The van der Waals surface area contributed by atoms with Crippen molar-refractivity contribution >= 4 is 39.3 Å². The van der Waals surface area contributed by atoms with Gasteiger partial charge >= 0.3 is 0 Å². The van der Waals surface area contributed by atoms with Crippen LogP contribution in [0.4, 0.5) is 0 Å². The second kappa shape index (κ2) is 6.71. The second-order valence-electron chi connectivity index (χ2n) is 5.20. The zero-order chi connectivity index (χ0) is 15.5. The van der Waals surface area contributed by atoms with Gasteiger partial charge in [0.2, 0.25) is 0 Å². The molecule has 0 saturated carbocycles. The van der Waals surface area contributed by atoms with Crippen LogP contribution in [0.1, 0.15) is 18.4 Å². The number of hydrogen-bond donors (Lipinski definition) is 0. The van der Waals surface area contributed by atoms with Crippen LogP contribution in [-0.2, 0) is 5.75 Å². The van der Waals surface area contributed by atoms with Gasteiger partial charge in [-0.25, -0.2) is 0 Å². The maximum atomic E-state index is 12.5. The van der Waals surface area contributed by atoms with Gasteiger partial charge < -0.3 is 14.1 Å². The van der Waals surface area contributed by atoms with E-state index in [0.29, 0.717) is 28.0 Å². The molecule has 0 aliphatic carbocycles. The summed E-state index contributed by atoms with van der Waals surface area (Å²) in [6.07, 6.45) is 3.92. The van der Waals surface area contributed by atoms with E-state index in [4.69, 9.17) is 21.4 Å². The highest BCUT2D eigenvalue weighted by atomic mass is 32.2. The third-order valence-corrected chi connectivity index (χ3v) is 5.34. The molecule has 1 aliphatic heterocycles. The largest absolute Gasteiger partial charge is 0.497 e. The Bertz CT molecular complexity index is 751. The molecule has 0 unspecified atom stereocenters. The summed E-state index contributed by atoms with van der Waals surface area (Å²) >= 11 is 6.95. The lowest BCUT2D eigenvalue weighted by atomic mass is 10.2. The van der Waals surface area contributed by atoms with Crippen LogP contribution in [0.15, 0.2) is 33.7 Å². The summed E-state index contributed by atoms with van der Waals surface area (Å²) < 4.78 is 11.6. The molecule has 0 N–H and O–H groups in total. The Hall–Kier alpha value is -1.53. The summed E-state index contributed by atoms with van der Waals surface area (Å²) in [4.78, 5) is 14.7. The monoisotopic (exact) mass is 335 g/mol. The van der Waals surface area contributed by atoms with Crippen molar-refractivity contribution < 1.29 is 9.15 Å². The first kappa shape index (κ1) is 15.4. The molecule has 0 radical (unpaired) electrons. The zero-order valence-electron chi connectivity index (χ0n) is 12.3. The van der Waals surface area contributed by atoms with Gasteiger partial charge in [0.25, 0.3) is 0 Å². The van der Waals surface area contributed by atoms with Crippen molar-refractivity contribution in [2.45, 2.75) is 18.6 Å². The summed E-state index contributed by atoms with van der Waals surface area (Å²) in [7, 11) is 1.59. The van der Waals surface area contributed by atoms with Crippen molar-refractivity contribution in [1.82, 2.24) is 4.90 Å². The van der Waals surface area contributed by atoms with Crippen LogP contribution in [0.25, 0.3) is 11.0 Å². The van der Waals surface area contributed by atoms with Crippen molar-refractivity contribution in [3.05, 3.63) is 40.2 Å². The molecule has 1 saturated heterocycles. The molecule has 22 heavy (non-hydrogen) atoms. The lowest BCUT2D eigenvalue weighted by molar-refractivity contribution is 0.414. The molecule has 0 amide bonds. The molecule has 2 aromatic rings. The molecule has 1 aliphatic rings. The predicted octanol–water partition coefficient (Wildman–Crippen LogP) is 3.42. The quantitative estimate of drug-likeness (QED) is 0.801. The normalized spacial score (nSPS) is 14.5. The fourth-order valence-electron chi connectivity index (χ4n) is 2.51. The number of rotatable bonds is 3. The van der Waals surface area contributed by atoms with Crippen LogP contribution in [0.5, 0.6) is 5.75 Å². The Morgan fingerprint density at radius 2 is 2.18 bits per heavy atom. The number of hydrogen-bond acceptors (Lipinski definition) is 5. The van der Waals surface area contributed by atoms with E-state index in [-0.39, 0.29) is 5.43 Å². The lowest BCUT2D eigenvalue weighted by Gasteiger charge is -2.17. The minimum atomic E-state index is 0.000579. The van der Waals surface area contributed by atoms with Crippen LogP contribution < -0.4 is 10.2 Å². The third kappa shape index (κ3) is 3.13. The SMILES string of the molecule is COc1ccc2c(=O)c(CSC(=S)N3CCCC3)coc2c1. The van der Waals surface area contributed by atoms with Gasteiger partial charge in [-0.3, -0.25) is 4.79 Å². The Labute approximate surface area is 138 Å². The van der Waals surface area contributed by atoms with Crippen molar-refractivity contribution in [3.63, 3.8) is 0 Å². The van der Waals surface area contributed by atoms with E-state index in [0.717, 1.165) is 17.4 Å². The smallest absolute Gasteiger partial charge is 0.196 e. The number of thiocarbonyl (C=S) groups is 1. The minimum absolute atomic E-state index is 0.000579. The number of fused-ring (bicyclic) bond motifs is 1. The summed E-state index contributed by atoms with van der Waals surface area (Å²) in [5, 5.41) is 0.575. The average Bonchev–Trinajstić information content (AvgIpc) is 3.08. The molecule has 0 bridgehead atoms. The third-order valence-electron chi connectivity index (χ3n) is 3.77. The summed E-state index contributed by atoms with van der Waals surface area (Å²) in [5.74, 6) is 1.22. The zero-order valence-corrected chi connectivity index (χ0v) is 14.0. The van der Waals surface area contributed by atoms with Gasteiger partial charge in [0.05, 0.1) is 18.8 Å². The van der Waals surface area contributed by atoms with E-state index < -0.39 is 0 Å². The topological polar surface area (TPSA) is 42.7 Å². The maximum absolute atomic E-state index is 12.5. The fraction of sp³-hybridized carbons (Fsp3) is 0.375. The van der Waals surface area contributed by atoms with Gasteiger partial charge in [0.1, 0.15) is 15.7 Å². The van der Waals surface area contributed by atoms with Crippen molar-refractivity contribution in [2.75, 3.05) is 20.2 Å². The van der Waals surface area contributed by atoms with Crippen LogP contribution in [0.3, 0.4) is 0 Å². The Kier molecular flexibility index (Phi) is 4.69. The van der Waals surface area contributed by atoms with Gasteiger partial charge in [-0.2, -0.15) is 0 Å². The highest BCUT2D eigenvalue weighted by Gasteiger charge is 2.16. The van der Waals surface area contributed by atoms with Crippen LogP contribution in [-0.4, -0.2) is 29.4 Å². The summed E-state index contributed by atoms with van der Waals surface area (Å²) in [5.41, 5.74) is 1.19. The molecule has 6 heteroatoms. The molecule has 116 valence electrons. The number of likely N-dealkylation sites (tertiary alicyclic amines) is 1. The van der Waals surface area contributed by atoms with E-state index >= 15 is 0 Å². The molecule has 4 nitrogen and oxygen atoms in total. The maximum Gasteiger partial charge on any atom is 0.196 e. The summed E-state index contributed by atoms with van der Waals surface area (Å²) in [6, 6.07) is 5.24. The van der Waals surface area contributed by atoms with Crippen molar-refractivity contribution in [2.24, 2.45) is 0 Å². The number of benzene rings is 1. The van der Waals surface area contributed by atoms with Crippen molar-refractivity contribution in [1.29, 1.82) is 0 Å². The highest BCUT2D eigenvalue weighted by molar-refractivity contribution is 8.22. The molecule has 2 heterocycles. The van der Waals surface area contributed by atoms with E-state index in [9.17, 15) is 4.79 Å². The number of methoxy groups -OCH3 is 1. The van der Waals surface area contributed by atoms with Gasteiger partial charge in [-0.15, -0.1) is 0 Å². The van der Waals surface area contributed by atoms with Gasteiger partial charge in [0.15, 0.2) is 5.43 Å². The number of thioether (sulfide) groups is 1. The van der Waals surface area contributed by atoms with E-state index in [2.05, 4.69) is 4.90 Å². The second-order valence-corrected chi connectivity index (χ2v) is 6.81. The summed E-state index contributed by atoms with van der Waals surface area (Å²) in [6.45, 7) is 2.05. The first-order valence-corrected chi connectivity index (χ1v) is 8.58. The fourth-order valence-corrected chi connectivity index (χ4v) is 3.71. The first-order valence-electron chi connectivity index (χ1n) is 7.19. The van der Waals surface area contributed by atoms with Gasteiger partial charge in [0, 0.05) is 30.5 Å². The molecular formula is C16H17NO3S2. The van der Waals surface area contributed by atoms with Crippen LogP contribution in [0.2, 0.25) is 0 Å². The van der Waals surface area contributed by atoms with E-state index in [1.54, 1.807) is 25.3 Å². The molecular weight excluding hydrogens is 318 g/mol. The van der Waals surface area contributed by atoms with Gasteiger partial charge in [-0.05, 0) is 25.0 Å². The molecule has 1 fully saturated rings. The van der Waals surface area contributed by atoms with Crippen LogP contribution in [0, 0.1) is 0 Å². The van der Waals surface area contributed by atoms with Crippen LogP contribution >= 0.6 is 24.0 Å². The Balaban J connectivity index is 1.78. The molecule has 0 spiro atoms. The minimum Gasteiger partial charge on any atom is -0.497 e. The highest BCUT2D eigenvalue weighted by Crippen LogP contribution is 2.22. The average molecular weight is 335 g/mol.